The molecule has 102 heavy (non-hydrogen) atoms. The summed E-state index contributed by atoms with van der Waals surface area (Å²) in [6.07, 6.45) is 70.8. The second-order valence-electron chi connectivity index (χ2n) is 29.9. The molecule has 17 nitrogen and oxygen atoms in total. The van der Waals surface area contributed by atoms with Crippen LogP contribution in [0.1, 0.15) is 451 Å². The molecule has 0 fully saturated rings. The van der Waals surface area contributed by atoms with Crippen molar-refractivity contribution in [2.75, 3.05) is 39.6 Å². The van der Waals surface area contributed by atoms with Gasteiger partial charge in [0.2, 0.25) is 0 Å². The first kappa shape index (κ1) is 100. The Labute approximate surface area is 626 Å². The van der Waals surface area contributed by atoms with E-state index >= 15 is 0 Å². The summed E-state index contributed by atoms with van der Waals surface area (Å²) in [6.45, 7) is 5.03. The molecule has 2 unspecified atom stereocenters. The van der Waals surface area contributed by atoms with Gasteiger partial charge in [-0.15, -0.1) is 0 Å². The highest BCUT2D eigenvalue weighted by Gasteiger charge is 2.30. The van der Waals surface area contributed by atoms with Crippen molar-refractivity contribution in [2.45, 2.75) is 470 Å². The average molecular weight is 1490 g/mol. The Morgan fingerprint density at radius 2 is 0.392 bits per heavy atom. The standard InChI is InChI=1S/C83H162O17P2/c1-5-9-13-17-21-25-29-32-35-37-38-39-40-42-44-47-50-54-58-62-66-70-83(88)100-79(74-94-81(86)68-64-60-56-52-48-46-43-41-36-33-30-26-22-18-14-10-6-2)76-98-102(91,92)96-72-77(84)71-95-101(89,90)97-75-78(73-93-80(85)67-63-59-55-51-28-24-20-16-12-8-4)99-82(87)69-65-61-57-53-49-45-34-31-27-23-19-15-11-7-3/h77-79,84H,5-76H2,1-4H3,(H,89,90)(H,91,92)/t77-,78+,79+/m0/s1. The normalized spacial score (nSPS) is 13.8. The molecule has 0 spiro atoms. The van der Waals surface area contributed by atoms with Crippen molar-refractivity contribution in [3.05, 3.63) is 0 Å². The van der Waals surface area contributed by atoms with Crippen LogP contribution in [0.4, 0.5) is 0 Å². The molecule has 0 bridgehead atoms. The lowest BCUT2D eigenvalue weighted by Gasteiger charge is -2.21. The van der Waals surface area contributed by atoms with Crippen LogP contribution in [-0.4, -0.2) is 96.7 Å². The van der Waals surface area contributed by atoms with Crippen LogP contribution in [0, 0.1) is 0 Å². The zero-order valence-electron chi connectivity index (χ0n) is 66.6. The average Bonchev–Trinajstić information content (AvgIpc) is 0.913. The number of phosphoric acid groups is 2. The van der Waals surface area contributed by atoms with E-state index in [9.17, 15) is 43.2 Å². The first-order valence-corrected chi connectivity index (χ1v) is 46.3. The van der Waals surface area contributed by atoms with Crippen LogP contribution in [-0.2, 0) is 65.4 Å². The highest BCUT2D eigenvalue weighted by atomic mass is 31.2. The number of ether oxygens (including phenoxy) is 4. The molecule has 0 aromatic heterocycles. The van der Waals surface area contributed by atoms with Crippen molar-refractivity contribution in [3.8, 4) is 0 Å². The lowest BCUT2D eigenvalue weighted by atomic mass is 10.0. The van der Waals surface area contributed by atoms with Gasteiger partial charge in [-0.1, -0.05) is 400 Å². The first-order valence-electron chi connectivity index (χ1n) is 43.3. The fourth-order valence-electron chi connectivity index (χ4n) is 13.0. The molecule has 606 valence electrons. The zero-order valence-corrected chi connectivity index (χ0v) is 68.4. The van der Waals surface area contributed by atoms with E-state index in [1.165, 1.54) is 283 Å². The molecule has 0 aromatic carbocycles. The molecule has 0 rings (SSSR count). The molecule has 0 radical (unpaired) electrons. The van der Waals surface area contributed by atoms with Crippen molar-refractivity contribution >= 4 is 39.5 Å². The number of rotatable bonds is 84. The molecule has 0 aliphatic carbocycles. The molecule has 0 saturated carbocycles. The maximum Gasteiger partial charge on any atom is 0.472 e. The van der Waals surface area contributed by atoms with Crippen molar-refractivity contribution in [1.82, 2.24) is 0 Å². The third kappa shape index (κ3) is 76.3. The van der Waals surface area contributed by atoms with Gasteiger partial charge < -0.3 is 33.8 Å². The van der Waals surface area contributed by atoms with E-state index in [-0.39, 0.29) is 25.7 Å². The SMILES string of the molecule is CCCCCCCCCCCCCCCCCCCCCCCC(=O)O[C@H](COC(=O)CCCCCCCCCCCCCCCCCCC)COP(=O)(O)OC[C@@H](O)COP(=O)(O)OC[C@@H](COC(=O)CCCCCCCCCCCC)OC(=O)CCCCCCCCCCCCCCCC. The minimum absolute atomic E-state index is 0.109. The number of unbranched alkanes of at least 4 members (excludes halogenated alkanes) is 58. The lowest BCUT2D eigenvalue weighted by Crippen LogP contribution is -2.30. The highest BCUT2D eigenvalue weighted by Crippen LogP contribution is 2.45. The topological polar surface area (TPSA) is 237 Å². The number of aliphatic hydroxyl groups excluding tert-OH is 1. The predicted octanol–water partition coefficient (Wildman–Crippen LogP) is 25.4. The third-order valence-electron chi connectivity index (χ3n) is 19.6. The lowest BCUT2D eigenvalue weighted by molar-refractivity contribution is -0.161. The molecule has 0 saturated heterocycles. The minimum Gasteiger partial charge on any atom is -0.462 e. The van der Waals surface area contributed by atoms with Gasteiger partial charge in [0, 0.05) is 25.7 Å². The van der Waals surface area contributed by atoms with Gasteiger partial charge >= 0.3 is 39.5 Å². The molecule has 0 heterocycles. The molecule has 3 N–H and O–H groups in total. The van der Waals surface area contributed by atoms with E-state index < -0.39 is 97.5 Å². The summed E-state index contributed by atoms with van der Waals surface area (Å²) in [7, 11) is -9.92. The van der Waals surface area contributed by atoms with Crippen molar-refractivity contribution in [3.63, 3.8) is 0 Å². The summed E-state index contributed by atoms with van der Waals surface area (Å²) in [6, 6.07) is 0. The van der Waals surface area contributed by atoms with Crippen molar-refractivity contribution in [1.29, 1.82) is 0 Å². The van der Waals surface area contributed by atoms with E-state index in [1.54, 1.807) is 0 Å². The summed E-state index contributed by atoms with van der Waals surface area (Å²) < 4.78 is 68.8. The van der Waals surface area contributed by atoms with Gasteiger partial charge in [0.15, 0.2) is 12.2 Å². The number of hydrogen-bond donors (Lipinski definition) is 3. The predicted molar refractivity (Wildman–Crippen MR) is 419 cm³/mol. The summed E-state index contributed by atoms with van der Waals surface area (Å²) in [4.78, 5) is 73.1. The smallest absolute Gasteiger partial charge is 0.462 e. The number of carbonyl (C=O) groups is 4. The Balaban J connectivity index is 5.21. The second-order valence-corrected chi connectivity index (χ2v) is 32.8. The van der Waals surface area contributed by atoms with Crippen LogP contribution in [0.25, 0.3) is 0 Å². The van der Waals surface area contributed by atoms with Crippen LogP contribution in [0.5, 0.6) is 0 Å². The van der Waals surface area contributed by atoms with Crippen LogP contribution in [0.2, 0.25) is 0 Å². The number of esters is 4. The summed E-state index contributed by atoms with van der Waals surface area (Å²) >= 11 is 0. The Hall–Kier alpha value is -1.94. The van der Waals surface area contributed by atoms with Crippen molar-refractivity contribution in [2.24, 2.45) is 0 Å². The second kappa shape index (κ2) is 77.2. The molecule has 19 heteroatoms. The van der Waals surface area contributed by atoms with Crippen LogP contribution < -0.4 is 0 Å². The molecule has 5 atom stereocenters. The van der Waals surface area contributed by atoms with E-state index in [0.717, 1.165) is 89.9 Å². The summed E-state index contributed by atoms with van der Waals surface area (Å²) in [5, 5.41) is 10.7. The maximum atomic E-state index is 13.1. The van der Waals surface area contributed by atoms with E-state index in [1.807, 2.05) is 0 Å². The third-order valence-corrected chi connectivity index (χ3v) is 21.5. The van der Waals surface area contributed by atoms with Gasteiger partial charge in [-0.25, -0.2) is 9.13 Å². The van der Waals surface area contributed by atoms with Crippen LogP contribution in [0.15, 0.2) is 0 Å². The van der Waals surface area contributed by atoms with E-state index in [2.05, 4.69) is 27.7 Å². The van der Waals surface area contributed by atoms with E-state index in [0.29, 0.717) is 25.7 Å². The highest BCUT2D eigenvalue weighted by molar-refractivity contribution is 7.47. The number of carbonyl (C=O) groups excluding carboxylic acids is 4. The Bertz CT molecular complexity index is 1930. The molecule has 0 aromatic rings. The quantitative estimate of drug-likeness (QED) is 0.0222. The monoisotopic (exact) mass is 1490 g/mol. The Morgan fingerprint density at radius 1 is 0.235 bits per heavy atom. The van der Waals surface area contributed by atoms with Gasteiger partial charge in [-0.05, 0) is 25.7 Å². The molecular formula is C83H162O17P2. The van der Waals surface area contributed by atoms with Gasteiger partial charge in [0.25, 0.3) is 0 Å². The van der Waals surface area contributed by atoms with Crippen LogP contribution >= 0.6 is 15.6 Å². The Morgan fingerprint density at radius 3 is 0.578 bits per heavy atom. The molecule has 0 aliphatic heterocycles. The fourth-order valence-corrected chi connectivity index (χ4v) is 14.6. The largest absolute Gasteiger partial charge is 0.472 e. The number of phosphoric ester groups is 2. The van der Waals surface area contributed by atoms with Gasteiger partial charge in [0.05, 0.1) is 26.4 Å². The minimum atomic E-state index is -4.96. The number of hydrogen-bond acceptors (Lipinski definition) is 15. The van der Waals surface area contributed by atoms with Gasteiger partial charge in [-0.2, -0.15) is 0 Å². The van der Waals surface area contributed by atoms with Crippen molar-refractivity contribution < 1.29 is 80.2 Å². The summed E-state index contributed by atoms with van der Waals surface area (Å²) in [5.74, 6) is -2.10. The maximum absolute atomic E-state index is 13.1. The molecule has 0 amide bonds. The molecule has 0 aliphatic rings. The fraction of sp³-hybridized carbons (Fsp3) is 0.952. The zero-order chi connectivity index (χ0) is 74.6. The number of aliphatic hydroxyl groups is 1. The molecular weight excluding hydrogens is 1330 g/mol. The first-order chi connectivity index (χ1) is 49.7. The Kier molecular flexibility index (Phi) is 75.8. The van der Waals surface area contributed by atoms with Crippen LogP contribution in [0.3, 0.4) is 0 Å². The van der Waals surface area contributed by atoms with Gasteiger partial charge in [0.1, 0.15) is 19.3 Å². The van der Waals surface area contributed by atoms with Gasteiger partial charge in [-0.3, -0.25) is 37.3 Å². The van der Waals surface area contributed by atoms with E-state index in [4.69, 9.17) is 37.0 Å². The summed E-state index contributed by atoms with van der Waals surface area (Å²) in [5.41, 5.74) is 0.